The van der Waals surface area contributed by atoms with Gasteiger partial charge in [-0.3, -0.25) is 9.78 Å². The number of esters is 1. The third kappa shape index (κ3) is 4.77. The molecule has 7 heteroatoms. The number of nitrogens with zero attached hydrogens (tertiary/aromatic N) is 2. The summed E-state index contributed by atoms with van der Waals surface area (Å²) in [4.78, 5) is 35.4. The van der Waals surface area contributed by atoms with Crippen molar-refractivity contribution in [2.75, 3.05) is 11.9 Å². The van der Waals surface area contributed by atoms with Gasteiger partial charge in [-0.05, 0) is 85.7 Å². The van der Waals surface area contributed by atoms with E-state index in [-0.39, 0.29) is 12.5 Å². The Morgan fingerprint density at radius 3 is 2.68 bits per heavy atom. The van der Waals surface area contributed by atoms with Gasteiger partial charge in [-0.15, -0.1) is 11.3 Å². The minimum absolute atomic E-state index is 0.362. The number of para-hydroxylation sites is 1. The summed E-state index contributed by atoms with van der Waals surface area (Å²) in [7, 11) is 0. The molecule has 1 aliphatic rings. The van der Waals surface area contributed by atoms with E-state index in [1.54, 1.807) is 11.3 Å². The lowest BCUT2D eigenvalue weighted by Crippen LogP contribution is -2.23. The molecule has 1 amide bonds. The van der Waals surface area contributed by atoms with Crippen molar-refractivity contribution in [1.82, 2.24) is 9.97 Å². The molecule has 1 unspecified atom stereocenters. The standard InChI is InChI=1S/C31H27N3O3S/c1-18-7-13-25-23(15-18)29(22-5-3-4-6-24(22)33-25)31(36)37-17-28(35)32-21-11-9-20(10-12-21)30-34-26-14-8-19(2)16-27(26)38-30/h3-6,8-12,14,16,18H,7,13,15,17H2,1-2H3,(H,32,35). The van der Waals surface area contributed by atoms with Gasteiger partial charge < -0.3 is 10.1 Å². The molecule has 0 fully saturated rings. The van der Waals surface area contributed by atoms with Gasteiger partial charge in [-0.1, -0.05) is 31.2 Å². The van der Waals surface area contributed by atoms with E-state index in [4.69, 9.17) is 14.7 Å². The number of nitrogens with one attached hydrogen (secondary N) is 1. The van der Waals surface area contributed by atoms with E-state index >= 15 is 0 Å². The second-order valence-corrected chi connectivity index (χ2v) is 11.0. The molecule has 0 saturated carbocycles. The number of aromatic nitrogens is 2. The SMILES string of the molecule is Cc1ccc2nc(-c3ccc(NC(=O)COC(=O)c4c5c(nc6ccccc46)CCC(C)C5)cc3)sc2c1. The zero-order chi connectivity index (χ0) is 26.2. The third-order valence-electron chi connectivity index (χ3n) is 7.00. The van der Waals surface area contributed by atoms with Crippen molar-refractivity contribution in [3.05, 3.63) is 89.1 Å². The minimum atomic E-state index is -0.481. The smallest absolute Gasteiger partial charge is 0.339 e. The lowest BCUT2D eigenvalue weighted by Gasteiger charge is -2.24. The van der Waals surface area contributed by atoms with Gasteiger partial charge in [0, 0.05) is 22.3 Å². The maximum Gasteiger partial charge on any atom is 0.339 e. The fourth-order valence-corrected chi connectivity index (χ4v) is 6.12. The van der Waals surface area contributed by atoms with Crippen LogP contribution >= 0.6 is 11.3 Å². The van der Waals surface area contributed by atoms with Crippen LogP contribution in [0.25, 0.3) is 31.7 Å². The number of thiazole rings is 1. The van der Waals surface area contributed by atoms with Crippen LogP contribution in [0, 0.1) is 12.8 Å². The topological polar surface area (TPSA) is 81.2 Å². The normalized spacial score (nSPS) is 14.8. The van der Waals surface area contributed by atoms with Crippen molar-refractivity contribution in [2.24, 2.45) is 5.92 Å². The number of rotatable bonds is 5. The summed E-state index contributed by atoms with van der Waals surface area (Å²) in [5, 5.41) is 4.52. The molecular weight excluding hydrogens is 494 g/mol. The molecule has 190 valence electrons. The Hall–Kier alpha value is -4.10. The number of ether oxygens (including phenoxy) is 1. The van der Waals surface area contributed by atoms with Crippen molar-refractivity contribution in [3.8, 4) is 10.6 Å². The van der Waals surface area contributed by atoms with E-state index in [0.717, 1.165) is 62.2 Å². The second-order valence-electron chi connectivity index (χ2n) is 9.97. The van der Waals surface area contributed by atoms with Crippen molar-refractivity contribution >= 4 is 50.0 Å². The summed E-state index contributed by atoms with van der Waals surface area (Å²) < 4.78 is 6.67. The molecule has 0 radical (unpaired) electrons. The summed E-state index contributed by atoms with van der Waals surface area (Å²) >= 11 is 1.64. The fourth-order valence-electron chi connectivity index (χ4n) is 5.05. The molecule has 6 nitrogen and oxygen atoms in total. The predicted molar refractivity (Wildman–Crippen MR) is 152 cm³/mol. The Bertz CT molecular complexity index is 1690. The molecule has 2 aromatic heterocycles. The number of pyridine rings is 1. The van der Waals surface area contributed by atoms with E-state index in [1.807, 2.05) is 54.6 Å². The maximum atomic E-state index is 13.3. The van der Waals surface area contributed by atoms with Gasteiger partial charge in [0.15, 0.2) is 6.61 Å². The van der Waals surface area contributed by atoms with Crippen LogP contribution in [-0.2, 0) is 22.4 Å². The van der Waals surface area contributed by atoms with E-state index in [9.17, 15) is 9.59 Å². The Kier molecular flexibility index (Phi) is 6.37. The summed E-state index contributed by atoms with van der Waals surface area (Å²) in [5.41, 5.74) is 7.03. The molecule has 0 bridgehead atoms. The van der Waals surface area contributed by atoms with Gasteiger partial charge in [0.25, 0.3) is 5.91 Å². The van der Waals surface area contributed by atoms with Crippen LogP contribution in [0.3, 0.4) is 0 Å². The number of benzene rings is 3. The molecule has 6 rings (SSSR count). The molecule has 2 heterocycles. The van der Waals surface area contributed by atoms with Crippen molar-refractivity contribution in [1.29, 1.82) is 0 Å². The maximum absolute atomic E-state index is 13.3. The van der Waals surface area contributed by atoms with Crippen LogP contribution in [-0.4, -0.2) is 28.5 Å². The number of aryl methyl sites for hydroxylation is 2. The average molecular weight is 522 g/mol. The lowest BCUT2D eigenvalue weighted by atomic mass is 9.84. The van der Waals surface area contributed by atoms with Crippen LogP contribution in [0.5, 0.6) is 0 Å². The largest absolute Gasteiger partial charge is 0.452 e. The van der Waals surface area contributed by atoms with E-state index in [1.165, 1.54) is 5.56 Å². The van der Waals surface area contributed by atoms with E-state index in [2.05, 4.69) is 31.3 Å². The van der Waals surface area contributed by atoms with Crippen molar-refractivity contribution in [3.63, 3.8) is 0 Å². The number of carbonyl (C=O) groups excluding carboxylic acids is 2. The fraction of sp³-hybridized carbons (Fsp3) is 0.226. The molecule has 3 aromatic carbocycles. The average Bonchev–Trinajstić information content (AvgIpc) is 3.34. The van der Waals surface area contributed by atoms with Crippen LogP contribution in [0.2, 0.25) is 0 Å². The van der Waals surface area contributed by atoms with Crippen molar-refractivity contribution < 1.29 is 14.3 Å². The molecule has 5 aromatic rings. The number of amides is 1. The zero-order valence-corrected chi connectivity index (χ0v) is 22.1. The van der Waals surface area contributed by atoms with Crippen LogP contribution in [0.1, 0.15) is 40.5 Å². The minimum Gasteiger partial charge on any atom is -0.452 e. The molecule has 1 N–H and O–H groups in total. The monoisotopic (exact) mass is 521 g/mol. The Labute approximate surface area is 224 Å². The number of fused-ring (bicyclic) bond motifs is 3. The highest BCUT2D eigenvalue weighted by molar-refractivity contribution is 7.21. The first-order valence-corrected chi connectivity index (χ1v) is 13.6. The summed E-state index contributed by atoms with van der Waals surface area (Å²) in [6, 6.07) is 21.4. The number of hydrogen-bond donors (Lipinski definition) is 1. The summed E-state index contributed by atoms with van der Waals surface area (Å²) in [5.74, 6) is -0.400. The van der Waals surface area contributed by atoms with Gasteiger partial charge in [0.1, 0.15) is 5.01 Å². The first kappa shape index (κ1) is 24.2. The predicted octanol–water partition coefficient (Wildman–Crippen LogP) is 6.74. The lowest BCUT2D eigenvalue weighted by molar-refractivity contribution is -0.119. The first-order valence-electron chi connectivity index (χ1n) is 12.8. The molecule has 0 saturated heterocycles. The van der Waals surface area contributed by atoms with E-state index in [0.29, 0.717) is 17.2 Å². The molecule has 0 spiro atoms. The first-order chi connectivity index (χ1) is 18.4. The Balaban J connectivity index is 1.14. The molecule has 0 aliphatic heterocycles. The van der Waals surface area contributed by atoms with Crippen LogP contribution in [0.4, 0.5) is 5.69 Å². The molecular formula is C31H27N3O3S. The highest BCUT2D eigenvalue weighted by atomic mass is 32.1. The van der Waals surface area contributed by atoms with Gasteiger partial charge in [-0.25, -0.2) is 9.78 Å². The molecule has 1 aliphatic carbocycles. The third-order valence-corrected chi connectivity index (χ3v) is 8.07. The molecule has 38 heavy (non-hydrogen) atoms. The molecule has 1 atom stereocenters. The summed E-state index contributed by atoms with van der Waals surface area (Å²) in [6.45, 7) is 3.89. The van der Waals surface area contributed by atoms with E-state index < -0.39 is 5.97 Å². The van der Waals surface area contributed by atoms with Crippen LogP contribution < -0.4 is 5.32 Å². The quantitative estimate of drug-likeness (QED) is 0.259. The Morgan fingerprint density at radius 1 is 1.03 bits per heavy atom. The van der Waals surface area contributed by atoms with Crippen molar-refractivity contribution in [2.45, 2.75) is 33.1 Å². The summed E-state index contributed by atoms with van der Waals surface area (Å²) in [6.07, 6.45) is 2.67. The number of hydrogen-bond acceptors (Lipinski definition) is 6. The van der Waals surface area contributed by atoms with Gasteiger partial charge in [0.05, 0.1) is 21.3 Å². The van der Waals surface area contributed by atoms with Gasteiger partial charge in [0.2, 0.25) is 0 Å². The Morgan fingerprint density at radius 2 is 1.84 bits per heavy atom. The number of anilines is 1. The second kappa shape index (κ2) is 9.99. The van der Waals surface area contributed by atoms with Crippen LogP contribution in [0.15, 0.2) is 66.7 Å². The highest BCUT2D eigenvalue weighted by Gasteiger charge is 2.26. The van der Waals surface area contributed by atoms with Gasteiger partial charge in [-0.2, -0.15) is 0 Å². The zero-order valence-electron chi connectivity index (χ0n) is 21.3. The van der Waals surface area contributed by atoms with Gasteiger partial charge >= 0.3 is 5.97 Å². The number of carbonyl (C=O) groups is 2. The highest BCUT2D eigenvalue weighted by Crippen LogP contribution is 2.33.